The number of urea groups is 1. The van der Waals surface area contributed by atoms with Crippen LogP contribution in [0, 0.1) is 0 Å². The highest BCUT2D eigenvalue weighted by atomic mass is 16.6. The number of amides is 2. The molecule has 7 nitrogen and oxygen atoms in total. The molecule has 120 valence electrons. The number of primary amides is 1. The van der Waals surface area contributed by atoms with Crippen molar-refractivity contribution in [3.05, 3.63) is 23.8 Å². The van der Waals surface area contributed by atoms with Crippen LogP contribution >= 0.6 is 0 Å². The van der Waals surface area contributed by atoms with Gasteiger partial charge in [-0.1, -0.05) is 19.9 Å². The van der Waals surface area contributed by atoms with Crippen molar-refractivity contribution in [1.82, 2.24) is 5.32 Å². The predicted octanol–water partition coefficient (Wildman–Crippen LogP) is 1.53. The summed E-state index contributed by atoms with van der Waals surface area (Å²) in [5.74, 6) is -0.469. The van der Waals surface area contributed by atoms with Gasteiger partial charge >= 0.3 is 18.0 Å². The zero-order chi connectivity index (χ0) is 16.5. The van der Waals surface area contributed by atoms with Crippen LogP contribution in [0.5, 0.6) is 11.5 Å². The van der Waals surface area contributed by atoms with E-state index in [1.807, 2.05) is 0 Å². The number of hydrogen-bond donors (Lipinski definition) is 2. The van der Waals surface area contributed by atoms with Crippen molar-refractivity contribution in [2.24, 2.45) is 5.73 Å². The summed E-state index contributed by atoms with van der Waals surface area (Å²) in [4.78, 5) is 33.5. The first-order chi connectivity index (χ1) is 10.5. The number of carbonyl (C=O) groups excluding carboxylic acids is 3. The van der Waals surface area contributed by atoms with Gasteiger partial charge in [0.15, 0.2) is 11.5 Å². The molecule has 0 aromatic heterocycles. The summed E-state index contributed by atoms with van der Waals surface area (Å²) in [6.07, 6.45) is 0.918. The maximum Gasteiger partial charge on any atom is 0.312 e. The maximum absolute atomic E-state index is 11.5. The van der Waals surface area contributed by atoms with Gasteiger partial charge in [-0.05, 0) is 24.1 Å². The van der Waals surface area contributed by atoms with E-state index in [2.05, 4.69) is 5.32 Å². The van der Waals surface area contributed by atoms with Crippen LogP contribution in [0.3, 0.4) is 0 Å². The summed E-state index contributed by atoms with van der Waals surface area (Å²) in [5.41, 5.74) is 5.80. The number of ether oxygens (including phenoxy) is 2. The lowest BCUT2D eigenvalue weighted by Gasteiger charge is -2.11. The van der Waals surface area contributed by atoms with Gasteiger partial charge in [-0.25, -0.2) is 4.79 Å². The van der Waals surface area contributed by atoms with Crippen molar-refractivity contribution in [3.8, 4) is 11.5 Å². The summed E-state index contributed by atoms with van der Waals surface area (Å²) in [5, 5.41) is 2.47. The highest BCUT2D eigenvalue weighted by molar-refractivity contribution is 5.76. The second kappa shape index (κ2) is 8.66. The minimum Gasteiger partial charge on any atom is -0.423 e. The largest absolute Gasteiger partial charge is 0.423 e. The molecule has 0 spiro atoms. The number of hydrogen-bond acceptors (Lipinski definition) is 5. The molecular formula is C15H20N2O5. The second-order valence-electron chi connectivity index (χ2n) is 4.48. The van der Waals surface area contributed by atoms with Gasteiger partial charge in [-0.3, -0.25) is 9.59 Å². The summed E-state index contributed by atoms with van der Waals surface area (Å²) in [6.45, 7) is 3.69. The van der Waals surface area contributed by atoms with Gasteiger partial charge in [-0.2, -0.15) is 0 Å². The van der Waals surface area contributed by atoms with Gasteiger partial charge in [0, 0.05) is 19.4 Å². The second-order valence-corrected chi connectivity index (χ2v) is 4.48. The zero-order valence-electron chi connectivity index (χ0n) is 12.7. The molecule has 3 N–H and O–H groups in total. The molecule has 0 saturated carbocycles. The van der Waals surface area contributed by atoms with Gasteiger partial charge in [0.25, 0.3) is 0 Å². The molecule has 2 amide bonds. The molecular weight excluding hydrogens is 288 g/mol. The lowest BCUT2D eigenvalue weighted by molar-refractivity contribution is -0.136. The molecule has 1 rings (SSSR count). The lowest BCUT2D eigenvalue weighted by Crippen LogP contribution is -2.30. The Hall–Kier alpha value is -2.57. The van der Waals surface area contributed by atoms with Crippen LogP contribution in [0.1, 0.15) is 32.3 Å². The highest BCUT2D eigenvalue weighted by Crippen LogP contribution is 2.29. The number of nitrogens with one attached hydrogen (secondary N) is 1. The fourth-order valence-corrected chi connectivity index (χ4v) is 1.59. The van der Waals surface area contributed by atoms with Gasteiger partial charge in [0.2, 0.25) is 0 Å². The first-order valence-electron chi connectivity index (χ1n) is 7.03. The lowest BCUT2D eigenvalue weighted by atomic mass is 10.1. The monoisotopic (exact) mass is 308 g/mol. The molecule has 0 fully saturated rings. The zero-order valence-corrected chi connectivity index (χ0v) is 12.7. The Morgan fingerprint density at radius 2 is 1.64 bits per heavy atom. The third kappa shape index (κ3) is 5.82. The van der Waals surface area contributed by atoms with Crippen LogP contribution in [0.25, 0.3) is 0 Å². The first kappa shape index (κ1) is 17.5. The van der Waals surface area contributed by atoms with E-state index in [-0.39, 0.29) is 24.3 Å². The number of nitrogens with two attached hydrogens (primary N) is 1. The van der Waals surface area contributed by atoms with Crippen LogP contribution in [-0.4, -0.2) is 24.5 Å². The molecule has 7 heteroatoms. The molecule has 0 heterocycles. The van der Waals surface area contributed by atoms with E-state index >= 15 is 0 Å². The van der Waals surface area contributed by atoms with Crippen molar-refractivity contribution >= 4 is 18.0 Å². The van der Waals surface area contributed by atoms with E-state index in [1.54, 1.807) is 32.0 Å². The first-order valence-corrected chi connectivity index (χ1v) is 7.03. The molecule has 0 aliphatic rings. The summed E-state index contributed by atoms with van der Waals surface area (Å²) < 4.78 is 10.3. The van der Waals surface area contributed by atoms with Crippen molar-refractivity contribution < 1.29 is 23.9 Å². The molecule has 0 atom stereocenters. The molecule has 0 aliphatic carbocycles. The van der Waals surface area contributed by atoms with Crippen LogP contribution < -0.4 is 20.5 Å². The fourth-order valence-electron chi connectivity index (χ4n) is 1.59. The summed E-state index contributed by atoms with van der Waals surface area (Å²) in [7, 11) is 0. The third-order valence-electron chi connectivity index (χ3n) is 2.75. The Labute approximate surface area is 128 Å². The highest BCUT2D eigenvalue weighted by Gasteiger charge is 2.13. The van der Waals surface area contributed by atoms with Crippen LogP contribution in [0.15, 0.2) is 18.2 Å². The summed E-state index contributed by atoms with van der Waals surface area (Å²) in [6, 6.07) is 4.29. The molecule has 0 unspecified atom stereocenters. The molecule has 1 aromatic carbocycles. The number of benzene rings is 1. The minimum atomic E-state index is -0.605. The van der Waals surface area contributed by atoms with Crippen LogP contribution in [-0.2, 0) is 16.0 Å². The van der Waals surface area contributed by atoms with Gasteiger partial charge in [0.1, 0.15) is 0 Å². The maximum atomic E-state index is 11.5. The van der Waals surface area contributed by atoms with Crippen LogP contribution in [0.4, 0.5) is 4.79 Å². The van der Waals surface area contributed by atoms with E-state index in [0.29, 0.717) is 13.0 Å². The standard InChI is InChI=1S/C15H20N2O5/c1-3-13(18)21-11-6-5-10(7-8-17-15(16)20)9-12(11)22-14(19)4-2/h5-6,9H,3-4,7-8H2,1-2H3,(H3,16,17,20). The van der Waals surface area contributed by atoms with E-state index < -0.39 is 18.0 Å². The number of rotatable bonds is 7. The van der Waals surface area contributed by atoms with Gasteiger partial charge in [-0.15, -0.1) is 0 Å². The van der Waals surface area contributed by atoms with E-state index in [9.17, 15) is 14.4 Å². The molecule has 0 saturated heterocycles. The van der Waals surface area contributed by atoms with Gasteiger partial charge < -0.3 is 20.5 Å². The van der Waals surface area contributed by atoms with Crippen molar-refractivity contribution in [3.63, 3.8) is 0 Å². The predicted molar refractivity (Wildman–Crippen MR) is 79.6 cm³/mol. The number of carbonyl (C=O) groups is 3. The van der Waals surface area contributed by atoms with Gasteiger partial charge in [0.05, 0.1) is 0 Å². The Bertz CT molecular complexity index is 557. The van der Waals surface area contributed by atoms with Crippen molar-refractivity contribution in [2.75, 3.05) is 6.54 Å². The normalized spacial score (nSPS) is 9.91. The molecule has 1 aromatic rings. The minimum absolute atomic E-state index is 0.185. The Morgan fingerprint density at radius 1 is 1.05 bits per heavy atom. The SMILES string of the molecule is CCC(=O)Oc1ccc(CCNC(N)=O)cc1OC(=O)CC. The molecule has 0 aliphatic heterocycles. The van der Waals surface area contributed by atoms with E-state index in [0.717, 1.165) is 5.56 Å². The van der Waals surface area contributed by atoms with Crippen molar-refractivity contribution in [1.29, 1.82) is 0 Å². The Morgan fingerprint density at radius 3 is 2.18 bits per heavy atom. The Kier molecular flexibility index (Phi) is 6.88. The van der Waals surface area contributed by atoms with Crippen molar-refractivity contribution in [2.45, 2.75) is 33.1 Å². The molecule has 22 heavy (non-hydrogen) atoms. The topological polar surface area (TPSA) is 108 Å². The summed E-state index contributed by atoms with van der Waals surface area (Å²) >= 11 is 0. The number of esters is 2. The van der Waals surface area contributed by atoms with E-state index in [4.69, 9.17) is 15.2 Å². The van der Waals surface area contributed by atoms with E-state index in [1.165, 1.54) is 0 Å². The quantitative estimate of drug-likeness (QED) is 0.586. The third-order valence-corrected chi connectivity index (χ3v) is 2.75. The average Bonchev–Trinajstić information content (AvgIpc) is 2.49. The Balaban J connectivity index is 2.89. The smallest absolute Gasteiger partial charge is 0.312 e. The molecule has 0 radical (unpaired) electrons. The van der Waals surface area contributed by atoms with Crippen LogP contribution in [0.2, 0.25) is 0 Å². The average molecular weight is 308 g/mol. The molecule has 0 bridgehead atoms. The fraction of sp³-hybridized carbons (Fsp3) is 0.400.